The van der Waals surface area contributed by atoms with E-state index in [9.17, 15) is 23.1 Å². The van der Waals surface area contributed by atoms with Crippen molar-refractivity contribution in [1.82, 2.24) is 9.88 Å². The fourth-order valence-electron chi connectivity index (χ4n) is 3.30. The van der Waals surface area contributed by atoms with E-state index in [1.807, 2.05) is 0 Å². The Morgan fingerprint density at radius 3 is 2.58 bits per heavy atom. The number of rotatable bonds is 5. The third-order valence-electron chi connectivity index (χ3n) is 5.26. The maximum atomic E-state index is 13.4. The number of aliphatic hydroxyl groups excluding tert-OH is 1. The third kappa shape index (κ3) is 5.20. The molecular formula is C23H20ClF3N2O2. The van der Waals surface area contributed by atoms with E-state index in [1.54, 1.807) is 6.07 Å². The number of hydrogen-bond donors (Lipinski definition) is 1. The predicted octanol–water partition coefficient (Wildman–Crippen LogP) is 4.85. The molecule has 0 aliphatic heterocycles. The van der Waals surface area contributed by atoms with Crippen molar-refractivity contribution in [2.45, 2.75) is 44.0 Å². The third-order valence-corrected chi connectivity index (χ3v) is 5.57. The van der Waals surface area contributed by atoms with Gasteiger partial charge in [0.2, 0.25) is 0 Å². The van der Waals surface area contributed by atoms with E-state index in [-0.39, 0.29) is 23.3 Å². The van der Waals surface area contributed by atoms with E-state index in [4.69, 9.17) is 11.6 Å². The van der Waals surface area contributed by atoms with Gasteiger partial charge in [0.15, 0.2) is 0 Å². The zero-order valence-corrected chi connectivity index (χ0v) is 17.2. The minimum absolute atomic E-state index is 0.168. The fraction of sp³-hybridized carbons (Fsp3) is 0.391. The van der Waals surface area contributed by atoms with Crippen LogP contribution in [-0.2, 0) is 6.18 Å². The lowest BCUT2D eigenvalue weighted by molar-refractivity contribution is -0.138. The topological polar surface area (TPSA) is 53.4 Å². The van der Waals surface area contributed by atoms with E-state index < -0.39 is 29.3 Å². The molecule has 0 radical (unpaired) electrons. The summed E-state index contributed by atoms with van der Waals surface area (Å²) >= 11 is 6.27. The van der Waals surface area contributed by atoms with Crippen LogP contribution in [0.4, 0.5) is 13.2 Å². The first-order valence-corrected chi connectivity index (χ1v) is 10.4. The Labute approximate surface area is 183 Å². The summed E-state index contributed by atoms with van der Waals surface area (Å²) in [6.07, 6.45) is -0.862. The second-order valence-corrected chi connectivity index (χ2v) is 8.29. The van der Waals surface area contributed by atoms with Crippen molar-refractivity contribution in [2.24, 2.45) is 5.92 Å². The Morgan fingerprint density at radius 2 is 1.97 bits per heavy atom. The van der Waals surface area contributed by atoms with Gasteiger partial charge in [-0.2, -0.15) is 13.2 Å². The molecular weight excluding hydrogens is 429 g/mol. The van der Waals surface area contributed by atoms with Crippen LogP contribution in [-0.4, -0.2) is 33.5 Å². The van der Waals surface area contributed by atoms with Crippen LogP contribution in [0.1, 0.15) is 59.0 Å². The Balaban J connectivity index is 1.54. The molecule has 0 spiro atoms. The van der Waals surface area contributed by atoms with Crippen LogP contribution in [0.2, 0.25) is 5.02 Å². The lowest BCUT2D eigenvalue weighted by Crippen LogP contribution is -2.38. The monoisotopic (exact) mass is 448 g/mol. The smallest absolute Gasteiger partial charge is 0.385 e. The molecule has 1 N–H and O–H groups in total. The van der Waals surface area contributed by atoms with E-state index in [1.165, 1.54) is 23.2 Å². The fourth-order valence-corrected chi connectivity index (χ4v) is 3.60. The van der Waals surface area contributed by atoms with Crippen molar-refractivity contribution >= 4 is 17.5 Å². The average Bonchev–Trinajstić information content (AvgIpc) is 3.63. The zero-order chi connectivity index (χ0) is 22.2. The number of nitrogens with zero attached hydrogens (tertiary/aromatic N) is 2. The number of amides is 1. The van der Waals surface area contributed by atoms with Crippen molar-refractivity contribution in [3.8, 4) is 11.8 Å². The number of halogens is 4. The molecule has 1 atom stereocenters. The number of carbonyl (C=O) groups excluding carboxylic acids is 1. The maximum Gasteiger partial charge on any atom is 0.417 e. The molecule has 2 aromatic rings. The number of benzene rings is 1. The van der Waals surface area contributed by atoms with Gasteiger partial charge in [0.25, 0.3) is 5.91 Å². The minimum Gasteiger partial charge on any atom is -0.385 e. The first-order chi connectivity index (χ1) is 14.7. The molecule has 1 amide bonds. The van der Waals surface area contributed by atoms with Gasteiger partial charge in [0.05, 0.1) is 28.4 Å². The van der Waals surface area contributed by atoms with Crippen LogP contribution in [0.5, 0.6) is 0 Å². The molecule has 1 heterocycles. The Hall–Kier alpha value is -2.56. The van der Waals surface area contributed by atoms with Crippen LogP contribution in [0.25, 0.3) is 0 Å². The van der Waals surface area contributed by atoms with Gasteiger partial charge in [-0.25, -0.2) is 0 Å². The largest absolute Gasteiger partial charge is 0.417 e. The van der Waals surface area contributed by atoms with Crippen LogP contribution in [0.15, 0.2) is 36.5 Å². The SMILES string of the molecule is O=C(c1ccccc1C(F)(F)F)N(CC(O)c1ncc(C#CC2CC2)cc1Cl)C1CC1. The van der Waals surface area contributed by atoms with Gasteiger partial charge in [-0.3, -0.25) is 9.78 Å². The summed E-state index contributed by atoms with van der Waals surface area (Å²) in [5.74, 6) is 5.74. The van der Waals surface area contributed by atoms with Crippen molar-refractivity contribution in [2.75, 3.05) is 6.54 Å². The summed E-state index contributed by atoms with van der Waals surface area (Å²) in [6.45, 7) is -0.199. The van der Waals surface area contributed by atoms with E-state index in [0.717, 1.165) is 25.0 Å². The standard InChI is InChI=1S/C23H20ClF3N2O2/c24-19-11-15(8-7-14-5-6-14)12-28-21(19)20(30)13-29(16-9-10-16)22(31)17-3-1-2-4-18(17)23(25,26)27/h1-4,11-12,14,16,20,30H,5-6,9-10,13H2. The molecule has 4 rings (SSSR count). The predicted molar refractivity (Wildman–Crippen MR) is 109 cm³/mol. The van der Waals surface area contributed by atoms with Gasteiger partial charge in [0.1, 0.15) is 6.10 Å². The molecule has 4 nitrogen and oxygen atoms in total. The summed E-state index contributed by atoms with van der Waals surface area (Å²) in [7, 11) is 0. The number of hydrogen-bond acceptors (Lipinski definition) is 3. The molecule has 2 aliphatic rings. The molecule has 0 bridgehead atoms. The summed E-state index contributed by atoms with van der Waals surface area (Å²) in [5, 5.41) is 10.9. The van der Waals surface area contributed by atoms with Crippen LogP contribution in [0, 0.1) is 17.8 Å². The number of alkyl halides is 3. The average molecular weight is 449 g/mol. The van der Waals surface area contributed by atoms with Gasteiger partial charge >= 0.3 is 6.18 Å². The van der Waals surface area contributed by atoms with Gasteiger partial charge in [-0.1, -0.05) is 35.6 Å². The molecule has 2 fully saturated rings. The molecule has 2 saturated carbocycles. The quantitative estimate of drug-likeness (QED) is 0.665. The number of pyridine rings is 1. The highest BCUT2D eigenvalue weighted by Gasteiger charge is 2.40. The molecule has 1 aromatic carbocycles. The van der Waals surface area contributed by atoms with Crippen molar-refractivity contribution in [1.29, 1.82) is 0 Å². The second-order valence-electron chi connectivity index (χ2n) is 7.88. The zero-order valence-electron chi connectivity index (χ0n) is 16.5. The highest BCUT2D eigenvalue weighted by molar-refractivity contribution is 6.31. The maximum absolute atomic E-state index is 13.4. The van der Waals surface area contributed by atoms with Crippen molar-refractivity contribution in [3.63, 3.8) is 0 Å². The van der Waals surface area contributed by atoms with Crippen molar-refractivity contribution < 1.29 is 23.1 Å². The molecule has 31 heavy (non-hydrogen) atoms. The first kappa shape index (κ1) is 21.7. The lowest BCUT2D eigenvalue weighted by atomic mass is 10.0. The van der Waals surface area contributed by atoms with Crippen LogP contribution >= 0.6 is 11.6 Å². The summed E-state index contributed by atoms with van der Waals surface area (Å²) in [6, 6.07) is 6.06. The highest BCUT2D eigenvalue weighted by atomic mass is 35.5. The number of carbonyl (C=O) groups is 1. The molecule has 8 heteroatoms. The Bertz CT molecular complexity index is 1050. The van der Waals surface area contributed by atoms with Gasteiger partial charge in [-0.15, -0.1) is 0 Å². The molecule has 1 aromatic heterocycles. The normalized spacial score (nSPS) is 16.9. The molecule has 162 valence electrons. The highest BCUT2D eigenvalue weighted by Crippen LogP contribution is 2.36. The minimum atomic E-state index is -4.65. The van der Waals surface area contributed by atoms with Crippen LogP contribution < -0.4 is 0 Å². The first-order valence-electron chi connectivity index (χ1n) is 10.1. The second kappa shape index (κ2) is 8.52. The Kier molecular flexibility index (Phi) is 5.96. The van der Waals surface area contributed by atoms with E-state index in [2.05, 4.69) is 16.8 Å². The number of aliphatic hydroxyl groups is 1. The van der Waals surface area contributed by atoms with Gasteiger partial charge in [-0.05, 0) is 43.9 Å². The van der Waals surface area contributed by atoms with Gasteiger partial charge in [0, 0.05) is 23.7 Å². The molecule has 0 saturated heterocycles. The van der Waals surface area contributed by atoms with Crippen molar-refractivity contribution in [3.05, 3.63) is 63.9 Å². The lowest BCUT2D eigenvalue weighted by Gasteiger charge is -2.26. The molecule has 1 unspecified atom stereocenters. The number of aromatic nitrogens is 1. The van der Waals surface area contributed by atoms with Gasteiger partial charge < -0.3 is 10.0 Å². The summed E-state index contributed by atoms with van der Waals surface area (Å²) < 4.78 is 40.1. The molecule has 2 aliphatic carbocycles. The summed E-state index contributed by atoms with van der Waals surface area (Å²) in [5.41, 5.74) is -0.628. The van der Waals surface area contributed by atoms with E-state index >= 15 is 0 Å². The Morgan fingerprint density at radius 1 is 1.26 bits per heavy atom. The summed E-state index contributed by atoms with van der Waals surface area (Å²) in [4.78, 5) is 18.5. The van der Waals surface area contributed by atoms with Crippen LogP contribution in [0.3, 0.4) is 0 Å². The van der Waals surface area contributed by atoms with E-state index in [0.29, 0.717) is 24.3 Å².